The summed E-state index contributed by atoms with van der Waals surface area (Å²) < 4.78 is 26.4. The van der Waals surface area contributed by atoms with Crippen LogP contribution in [-0.2, 0) is 4.79 Å². The minimum Gasteiger partial charge on any atom is -0.322 e. The van der Waals surface area contributed by atoms with Crippen LogP contribution in [-0.4, -0.2) is 18.4 Å². The van der Waals surface area contributed by atoms with E-state index in [1.807, 2.05) is 0 Å². The van der Waals surface area contributed by atoms with Crippen molar-refractivity contribution in [2.45, 2.75) is 12.8 Å². The Hall–Kier alpha value is -2.47. The summed E-state index contributed by atoms with van der Waals surface area (Å²) in [6.45, 7) is 0.540. The van der Waals surface area contributed by atoms with Crippen LogP contribution < -0.4 is 10.2 Å². The van der Waals surface area contributed by atoms with E-state index in [1.54, 1.807) is 0 Å². The molecule has 0 aliphatic carbocycles. The van der Waals surface area contributed by atoms with Gasteiger partial charge in [0.15, 0.2) is 0 Å². The van der Waals surface area contributed by atoms with Crippen LogP contribution >= 0.6 is 11.6 Å². The van der Waals surface area contributed by atoms with Crippen LogP contribution in [0.4, 0.5) is 20.2 Å². The Labute approximate surface area is 142 Å². The lowest BCUT2D eigenvalue weighted by Gasteiger charge is -2.18. The van der Waals surface area contributed by atoms with E-state index in [0.717, 1.165) is 24.6 Å². The molecule has 1 fully saturated rings. The van der Waals surface area contributed by atoms with Crippen molar-refractivity contribution in [3.63, 3.8) is 0 Å². The molecule has 1 saturated heterocycles. The Morgan fingerprint density at radius 2 is 1.83 bits per heavy atom. The average Bonchev–Trinajstić information content (AvgIpc) is 2.92. The van der Waals surface area contributed by atoms with Crippen LogP contribution in [0.5, 0.6) is 0 Å². The number of hydrogen-bond donors (Lipinski definition) is 1. The van der Waals surface area contributed by atoms with Gasteiger partial charge in [-0.3, -0.25) is 9.59 Å². The molecule has 0 unspecified atom stereocenters. The predicted octanol–water partition coefficient (Wildman–Crippen LogP) is 4.00. The first-order chi connectivity index (χ1) is 11.4. The summed E-state index contributed by atoms with van der Waals surface area (Å²) >= 11 is 6.12. The van der Waals surface area contributed by atoms with Crippen LogP contribution in [0.15, 0.2) is 36.4 Å². The number of hydrogen-bond acceptors (Lipinski definition) is 2. The highest BCUT2D eigenvalue weighted by molar-refractivity contribution is 6.34. The van der Waals surface area contributed by atoms with E-state index < -0.39 is 17.5 Å². The molecule has 0 saturated carbocycles. The summed E-state index contributed by atoms with van der Waals surface area (Å²) in [7, 11) is 0. The van der Waals surface area contributed by atoms with Crippen LogP contribution in [0.25, 0.3) is 0 Å². The van der Waals surface area contributed by atoms with Crippen molar-refractivity contribution in [1.82, 2.24) is 0 Å². The molecule has 24 heavy (non-hydrogen) atoms. The van der Waals surface area contributed by atoms with E-state index in [0.29, 0.717) is 23.7 Å². The molecule has 1 aliphatic heterocycles. The molecule has 3 rings (SSSR count). The van der Waals surface area contributed by atoms with Gasteiger partial charge in [-0.2, -0.15) is 0 Å². The largest absolute Gasteiger partial charge is 0.322 e. The average molecular weight is 351 g/mol. The predicted molar refractivity (Wildman–Crippen MR) is 87.4 cm³/mol. The van der Waals surface area contributed by atoms with Crippen LogP contribution in [0.2, 0.25) is 5.02 Å². The van der Waals surface area contributed by atoms with Gasteiger partial charge < -0.3 is 10.2 Å². The van der Waals surface area contributed by atoms with Gasteiger partial charge in [0.05, 0.1) is 10.7 Å². The van der Waals surface area contributed by atoms with Crippen molar-refractivity contribution in [1.29, 1.82) is 0 Å². The minimum absolute atomic E-state index is 0.00579. The normalized spacial score (nSPS) is 14.1. The number of anilines is 2. The highest BCUT2D eigenvalue weighted by Gasteiger charge is 2.24. The minimum atomic E-state index is -0.787. The third kappa shape index (κ3) is 3.38. The van der Waals surface area contributed by atoms with E-state index in [2.05, 4.69) is 5.32 Å². The van der Waals surface area contributed by atoms with Crippen molar-refractivity contribution in [3.8, 4) is 0 Å². The van der Waals surface area contributed by atoms with Gasteiger partial charge in [-0.05, 0) is 36.8 Å². The van der Waals surface area contributed by atoms with Crippen LogP contribution in [0, 0.1) is 11.6 Å². The number of nitrogens with zero attached hydrogens (tertiary/aromatic N) is 1. The van der Waals surface area contributed by atoms with E-state index in [-0.39, 0.29) is 17.2 Å². The molecule has 2 amide bonds. The van der Waals surface area contributed by atoms with Gasteiger partial charge in [-0.15, -0.1) is 0 Å². The topological polar surface area (TPSA) is 49.4 Å². The quantitative estimate of drug-likeness (QED) is 0.909. The van der Waals surface area contributed by atoms with Crippen molar-refractivity contribution in [3.05, 3.63) is 58.6 Å². The van der Waals surface area contributed by atoms with E-state index >= 15 is 0 Å². The molecule has 7 heteroatoms. The lowest BCUT2D eigenvalue weighted by atomic mass is 10.1. The molecular weight excluding hydrogens is 338 g/mol. The number of amides is 2. The zero-order valence-corrected chi connectivity index (χ0v) is 13.2. The Kier molecular flexibility index (Phi) is 4.49. The first-order valence-corrected chi connectivity index (χ1v) is 7.69. The fourth-order valence-electron chi connectivity index (χ4n) is 2.59. The Morgan fingerprint density at radius 1 is 1.12 bits per heavy atom. The van der Waals surface area contributed by atoms with Crippen LogP contribution in [0.3, 0.4) is 0 Å². The monoisotopic (exact) mass is 350 g/mol. The maximum Gasteiger partial charge on any atom is 0.255 e. The number of benzene rings is 2. The number of rotatable bonds is 3. The second-order valence-electron chi connectivity index (χ2n) is 5.43. The summed E-state index contributed by atoms with van der Waals surface area (Å²) in [5.74, 6) is -2.18. The number of nitrogens with one attached hydrogen (secondary N) is 1. The summed E-state index contributed by atoms with van der Waals surface area (Å²) in [5, 5.41) is 2.78. The van der Waals surface area contributed by atoms with Crippen molar-refractivity contribution in [2.75, 3.05) is 16.8 Å². The molecule has 2 aromatic rings. The van der Waals surface area contributed by atoms with Crippen molar-refractivity contribution < 1.29 is 18.4 Å². The number of halogens is 3. The standard InChI is InChI=1S/C17H13ClF2N2O2/c18-14-4-3-10(6-15(14)22-5-1-2-16(22)23)17(24)21-13-8-11(19)7-12(20)9-13/h3-4,6-9H,1-2,5H2,(H,21,24). The van der Waals surface area contributed by atoms with Gasteiger partial charge in [-0.1, -0.05) is 11.6 Å². The third-order valence-corrected chi connectivity index (χ3v) is 4.01. The molecule has 0 radical (unpaired) electrons. The summed E-state index contributed by atoms with van der Waals surface area (Å²) in [6.07, 6.45) is 1.17. The molecule has 1 N–H and O–H groups in total. The molecule has 4 nitrogen and oxygen atoms in total. The van der Waals surface area contributed by atoms with Gasteiger partial charge in [0.2, 0.25) is 5.91 Å². The smallest absolute Gasteiger partial charge is 0.255 e. The number of carbonyl (C=O) groups excluding carboxylic acids is 2. The maximum atomic E-state index is 13.2. The first-order valence-electron chi connectivity index (χ1n) is 7.31. The van der Waals surface area contributed by atoms with Gasteiger partial charge in [0.1, 0.15) is 11.6 Å². The Balaban J connectivity index is 1.86. The highest BCUT2D eigenvalue weighted by atomic mass is 35.5. The summed E-state index contributed by atoms with van der Waals surface area (Å²) in [5.41, 5.74) is 0.697. The molecule has 0 bridgehead atoms. The Bertz CT molecular complexity index is 806. The van der Waals surface area contributed by atoms with E-state index in [4.69, 9.17) is 11.6 Å². The van der Waals surface area contributed by atoms with E-state index in [9.17, 15) is 18.4 Å². The summed E-state index contributed by atoms with van der Waals surface area (Å²) in [4.78, 5) is 25.7. The van der Waals surface area contributed by atoms with Gasteiger partial charge in [0.25, 0.3) is 5.91 Å². The second kappa shape index (κ2) is 6.57. The third-order valence-electron chi connectivity index (χ3n) is 3.69. The SMILES string of the molecule is O=C(Nc1cc(F)cc(F)c1)c1ccc(Cl)c(N2CCCC2=O)c1. The van der Waals surface area contributed by atoms with Crippen molar-refractivity contribution >= 4 is 34.8 Å². The molecule has 124 valence electrons. The lowest BCUT2D eigenvalue weighted by Crippen LogP contribution is -2.24. The van der Waals surface area contributed by atoms with E-state index in [1.165, 1.54) is 23.1 Å². The summed E-state index contributed by atoms with van der Waals surface area (Å²) in [6, 6.07) is 7.25. The maximum absolute atomic E-state index is 13.2. The zero-order chi connectivity index (χ0) is 17.3. The van der Waals surface area contributed by atoms with Gasteiger partial charge in [0, 0.05) is 30.3 Å². The van der Waals surface area contributed by atoms with Crippen molar-refractivity contribution in [2.24, 2.45) is 0 Å². The number of carbonyl (C=O) groups is 2. The molecule has 1 aliphatic rings. The van der Waals surface area contributed by atoms with Gasteiger partial charge in [-0.25, -0.2) is 8.78 Å². The molecule has 1 heterocycles. The lowest BCUT2D eigenvalue weighted by molar-refractivity contribution is -0.117. The molecule has 0 spiro atoms. The molecule has 2 aromatic carbocycles. The molecular formula is C17H13ClF2N2O2. The first kappa shape index (κ1) is 16.4. The Morgan fingerprint density at radius 3 is 2.46 bits per heavy atom. The fourth-order valence-corrected chi connectivity index (χ4v) is 2.81. The zero-order valence-electron chi connectivity index (χ0n) is 12.5. The van der Waals surface area contributed by atoms with Crippen LogP contribution in [0.1, 0.15) is 23.2 Å². The molecule has 0 atom stereocenters. The molecule has 0 aromatic heterocycles. The highest BCUT2D eigenvalue weighted by Crippen LogP contribution is 2.30. The fraction of sp³-hybridized carbons (Fsp3) is 0.176. The van der Waals surface area contributed by atoms with Gasteiger partial charge >= 0.3 is 0 Å². The second-order valence-corrected chi connectivity index (χ2v) is 5.83.